The van der Waals surface area contributed by atoms with E-state index in [1.54, 1.807) is 13.8 Å². The first-order chi connectivity index (χ1) is 9.45. The molecular formula is C13H17F2N3O2. The van der Waals surface area contributed by atoms with Crippen molar-refractivity contribution in [2.24, 2.45) is 0 Å². The topological polar surface area (TPSA) is 64.1 Å². The van der Waals surface area contributed by atoms with E-state index >= 15 is 0 Å². The molecular weight excluding hydrogens is 268 g/mol. The smallest absolute Gasteiger partial charge is 0.341 e. The van der Waals surface area contributed by atoms with Crippen LogP contribution in [0, 0.1) is 6.92 Å². The average Bonchev–Trinajstić information content (AvgIpc) is 2.38. The molecule has 1 saturated heterocycles. The summed E-state index contributed by atoms with van der Waals surface area (Å²) in [6.07, 6.45) is 1.49. The van der Waals surface area contributed by atoms with Crippen LogP contribution in [0.3, 0.4) is 0 Å². The van der Waals surface area contributed by atoms with Crippen LogP contribution in [-0.4, -0.2) is 41.6 Å². The summed E-state index contributed by atoms with van der Waals surface area (Å²) in [6, 6.07) is 0. The molecule has 2 rings (SSSR count). The standard InChI is InChI=1S/C13H17F2N3O2/c1-3-20-12(19)9-6-17-8(2)18-11(9)10-4-5-16-7-13(10,14)15/h6,10,16H,3-5,7H2,1-2H3. The first-order valence-electron chi connectivity index (χ1n) is 6.55. The van der Waals surface area contributed by atoms with Gasteiger partial charge in [-0.2, -0.15) is 0 Å². The molecule has 1 N–H and O–H groups in total. The van der Waals surface area contributed by atoms with Gasteiger partial charge < -0.3 is 10.1 Å². The Morgan fingerprint density at radius 3 is 3.00 bits per heavy atom. The van der Waals surface area contributed by atoms with Gasteiger partial charge in [0.15, 0.2) is 0 Å². The van der Waals surface area contributed by atoms with Gasteiger partial charge in [0, 0.05) is 6.20 Å². The highest BCUT2D eigenvalue weighted by Gasteiger charge is 2.45. The van der Waals surface area contributed by atoms with Crippen LogP contribution in [0.4, 0.5) is 8.78 Å². The molecule has 0 spiro atoms. The summed E-state index contributed by atoms with van der Waals surface area (Å²) in [4.78, 5) is 19.9. The van der Waals surface area contributed by atoms with Crippen molar-refractivity contribution in [2.45, 2.75) is 32.1 Å². The molecule has 0 radical (unpaired) electrons. The zero-order valence-corrected chi connectivity index (χ0v) is 11.4. The number of ether oxygens (including phenoxy) is 1. The molecule has 0 amide bonds. The number of nitrogens with zero attached hydrogens (tertiary/aromatic N) is 2. The van der Waals surface area contributed by atoms with E-state index in [1.807, 2.05) is 0 Å². The van der Waals surface area contributed by atoms with Gasteiger partial charge in [-0.3, -0.25) is 0 Å². The van der Waals surface area contributed by atoms with Crippen molar-refractivity contribution in [3.8, 4) is 0 Å². The van der Waals surface area contributed by atoms with Crippen LogP contribution in [0.1, 0.15) is 41.1 Å². The second kappa shape index (κ2) is 5.78. The number of esters is 1. The molecule has 1 aliphatic heterocycles. The maximum absolute atomic E-state index is 14.0. The van der Waals surface area contributed by atoms with Gasteiger partial charge >= 0.3 is 5.97 Å². The number of hydrogen-bond donors (Lipinski definition) is 1. The summed E-state index contributed by atoms with van der Waals surface area (Å²) in [5.74, 6) is -4.33. The highest BCUT2D eigenvalue weighted by atomic mass is 19.3. The molecule has 1 fully saturated rings. The zero-order valence-electron chi connectivity index (χ0n) is 11.4. The molecule has 1 atom stereocenters. The van der Waals surface area contributed by atoms with Gasteiger partial charge in [0.1, 0.15) is 5.82 Å². The predicted molar refractivity (Wildman–Crippen MR) is 67.9 cm³/mol. The number of hydrogen-bond acceptors (Lipinski definition) is 5. The van der Waals surface area contributed by atoms with Gasteiger partial charge in [0.05, 0.1) is 30.3 Å². The van der Waals surface area contributed by atoms with Gasteiger partial charge in [-0.1, -0.05) is 0 Å². The van der Waals surface area contributed by atoms with Crippen molar-refractivity contribution in [1.29, 1.82) is 0 Å². The van der Waals surface area contributed by atoms with E-state index in [-0.39, 0.29) is 24.3 Å². The summed E-state index contributed by atoms with van der Waals surface area (Å²) in [7, 11) is 0. The number of alkyl halides is 2. The quantitative estimate of drug-likeness (QED) is 0.856. The second-order valence-electron chi connectivity index (χ2n) is 4.72. The van der Waals surface area contributed by atoms with Crippen LogP contribution in [0.25, 0.3) is 0 Å². The lowest BCUT2D eigenvalue weighted by Crippen LogP contribution is -2.45. The Morgan fingerprint density at radius 2 is 2.35 bits per heavy atom. The number of nitrogens with one attached hydrogen (secondary N) is 1. The van der Waals surface area contributed by atoms with Crippen LogP contribution in [0.15, 0.2) is 6.20 Å². The summed E-state index contributed by atoms with van der Waals surface area (Å²) < 4.78 is 33.0. The average molecular weight is 285 g/mol. The number of carbonyl (C=O) groups is 1. The minimum absolute atomic E-state index is 0.0315. The molecule has 0 bridgehead atoms. The molecule has 1 aromatic heterocycles. The first-order valence-corrected chi connectivity index (χ1v) is 6.55. The molecule has 2 heterocycles. The van der Waals surface area contributed by atoms with E-state index in [0.717, 1.165) is 0 Å². The van der Waals surface area contributed by atoms with Crippen molar-refractivity contribution >= 4 is 5.97 Å². The molecule has 110 valence electrons. The fourth-order valence-corrected chi connectivity index (χ4v) is 2.29. The summed E-state index contributed by atoms with van der Waals surface area (Å²) in [5.41, 5.74) is 0.117. The van der Waals surface area contributed by atoms with Crippen molar-refractivity contribution in [2.75, 3.05) is 19.7 Å². The zero-order chi connectivity index (χ0) is 14.8. The van der Waals surface area contributed by atoms with Gasteiger partial charge in [0.25, 0.3) is 5.92 Å². The number of piperidine rings is 1. The van der Waals surface area contributed by atoms with Gasteiger partial charge in [-0.25, -0.2) is 23.5 Å². The number of aryl methyl sites for hydroxylation is 1. The SMILES string of the molecule is CCOC(=O)c1cnc(C)nc1C1CCNCC1(F)F. The van der Waals surface area contributed by atoms with Crippen molar-refractivity contribution in [1.82, 2.24) is 15.3 Å². The van der Waals surface area contributed by atoms with E-state index in [1.165, 1.54) is 6.20 Å². The maximum Gasteiger partial charge on any atom is 0.341 e. The van der Waals surface area contributed by atoms with Crippen molar-refractivity contribution < 1.29 is 18.3 Å². The monoisotopic (exact) mass is 285 g/mol. The van der Waals surface area contributed by atoms with Crippen LogP contribution in [-0.2, 0) is 4.74 Å². The van der Waals surface area contributed by atoms with Crippen LogP contribution in [0.5, 0.6) is 0 Å². The van der Waals surface area contributed by atoms with Crippen molar-refractivity contribution in [3.05, 3.63) is 23.3 Å². The molecule has 1 unspecified atom stereocenters. The number of rotatable bonds is 3. The van der Waals surface area contributed by atoms with Gasteiger partial charge in [-0.15, -0.1) is 0 Å². The lowest BCUT2D eigenvalue weighted by atomic mass is 9.88. The number of carbonyl (C=O) groups excluding carboxylic acids is 1. The Bertz CT molecular complexity index is 508. The Labute approximate surface area is 115 Å². The fourth-order valence-electron chi connectivity index (χ4n) is 2.29. The predicted octanol–water partition coefficient (Wildman–Crippen LogP) is 1.67. The highest BCUT2D eigenvalue weighted by molar-refractivity contribution is 5.90. The third kappa shape index (κ3) is 2.92. The summed E-state index contributed by atoms with van der Waals surface area (Å²) >= 11 is 0. The largest absolute Gasteiger partial charge is 0.462 e. The highest BCUT2D eigenvalue weighted by Crippen LogP contribution is 2.38. The third-order valence-corrected chi connectivity index (χ3v) is 3.24. The number of halogens is 2. The van der Waals surface area contributed by atoms with Gasteiger partial charge in [-0.05, 0) is 26.8 Å². The van der Waals surface area contributed by atoms with E-state index in [0.29, 0.717) is 12.4 Å². The lowest BCUT2D eigenvalue weighted by molar-refractivity contribution is -0.0435. The second-order valence-corrected chi connectivity index (χ2v) is 4.72. The first kappa shape index (κ1) is 14.8. The van der Waals surface area contributed by atoms with E-state index in [4.69, 9.17) is 4.74 Å². The molecule has 7 heteroatoms. The normalized spacial score (nSPS) is 21.5. The van der Waals surface area contributed by atoms with Crippen LogP contribution >= 0.6 is 0 Å². The Kier molecular flexibility index (Phi) is 4.27. The van der Waals surface area contributed by atoms with E-state index < -0.39 is 24.4 Å². The minimum Gasteiger partial charge on any atom is -0.462 e. The lowest BCUT2D eigenvalue weighted by Gasteiger charge is -2.32. The fraction of sp³-hybridized carbons (Fsp3) is 0.615. The molecule has 1 aromatic rings. The van der Waals surface area contributed by atoms with Crippen LogP contribution < -0.4 is 5.32 Å². The minimum atomic E-state index is -2.94. The summed E-state index contributed by atoms with van der Waals surface area (Å²) in [5, 5.41) is 2.65. The molecule has 0 aromatic carbocycles. The summed E-state index contributed by atoms with van der Waals surface area (Å²) in [6.45, 7) is 3.49. The van der Waals surface area contributed by atoms with Gasteiger partial charge in [0.2, 0.25) is 0 Å². The Balaban J connectivity index is 2.43. The van der Waals surface area contributed by atoms with E-state index in [9.17, 15) is 13.6 Å². The molecule has 0 aliphatic carbocycles. The molecule has 0 saturated carbocycles. The molecule has 5 nitrogen and oxygen atoms in total. The Hall–Kier alpha value is -1.63. The third-order valence-electron chi connectivity index (χ3n) is 3.24. The molecule has 20 heavy (non-hydrogen) atoms. The van der Waals surface area contributed by atoms with Crippen LogP contribution in [0.2, 0.25) is 0 Å². The molecule has 1 aliphatic rings. The number of aromatic nitrogens is 2. The maximum atomic E-state index is 14.0. The van der Waals surface area contributed by atoms with E-state index in [2.05, 4.69) is 15.3 Å². The van der Waals surface area contributed by atoms with Crippen molar-refractivity contribution in [3.63, 3.8) is 0 Å². The Morgan fingerprint density at radius 1 is 1.60 bits per heavy atom.